The number of fused-ring (bicyclic) bond motifs is 1. The average molecular weight is 321 g/mol. The summed E-state index contributed by atoms with van der Waals surface area (Å²) in [5, 5.41) is 7.44. The Morgan fingerprint density at radius 2 is 1.88 bits per heavy atom. The number of benzene rings is 2. The summed E-state index contributed by atoms with van der Waals surface area (Å²) in [4.78, 5) is 25.0. The van der Waals surface area contributed by atoms with Crippen LogP contribution >= 0.6 is 0 Å². The minimum absolute atomic E-state index is 0.0803. The molecule has 122 valence electrons. The number of aromatic nitrogens is 2. The second kappa shape index (κ2) is 6.28. The van der Waals surface area contributed by atoms with Crippen LogP contribution in [0.2, 0.25) is 0 Å². The van der Waals surface area contributed by atoms with E-state index in [1.165, 1.54) is 0 Å². The highest BCUT2D eigenvalue weighted by molar-refractivity contribution is 5.95. The van der Waals surface area contributed by atoms with Crippen LogP contribution in [0, 0.1) is 13.8 Å². The van der Waals surface area contributed by atoms with Crippen LogP contribution in [0.4, 0.5) is 0 Å². The van der Waals surface area contributed by atoms with Gasteiger partial charge in [0.25, 0.3) is 5.91 Å². The Kier molecular flexibility index (Phi) is 4.16. The highest BCUT2D eigenvalue weighted by atomic mass is 16.2. The van der Waals surface area contributed by atoms with Crippen molar-refractivity contribution >= 4 is 16.8 Å². The topological polar surface area (TPSA) is 64.0 Å². The summed E-state index contributed by atoms with van der Waals surface area (Å²) >= 11 is 0. The molecule has 0 aliphatic heterocycles. The number of carbonyl (C=O) groups is 1. The SMILES string of the molecule is Cc1cccc(CNC(=O)c2nn(C)c3ccc(C)cc3c2=O)c1. The van der Waals surface area contributed by atoms with Crippen LogP contribution in [-0.4, -0.2) is 15.7 Å². The zero-order valence-electron chi connectivity index (χ0n) is 14.0. The molecule has 0 saturated carbocycles. The van der Waals surface area contributed by atoms with Crippen LogP contribution in [0.5, 0.6) is 0 Å². The van der Waals surface area contributed by atoms with Crippen LogP contribution in [0.3, 0.4) is 0 Å². The highest BCUT2D eigenvalue weighted by Crippen LogP contribution is 2.11. The van der Waals surface area contributed by atoms with Crippen molar-refractivity contribution in [3.63, 3.8) is 0 Å². The molecule has 1 aromatic heterocycles. The first-order valence-electron chi connectivity index (χ1n) is 7.77. The van der Waals surface area contributed by atoms with Crippen molar-refractivity contribution in [1.29, 1.82) is 0 Å². The van der Waals surface area contributed by atoms with E-state index in [1.807, 2.05) is 50.2 Å². The van der Waals surface area contributed by atoms with E-state index in [1.54, 1.807) is 17.8 Å². The number of carbonyl (C=O) groups excluding carboxylic acids is 1. The predicted octanol–water partition coefficient (Wildman–Crippen LogP) is 2.48. The monoisotopic (exact) mass is 321 g/mol. The van der Waals surface area contributed by atoms with Gasteiger partial charge in [0.05, 0.1) is 10.9 Å². The second-order valence-electron chi connectivity index (χ2n) is 5.99. The van der Waals surface area contributed by atoms with E-state index in [-0.39, 0.29) is 11.1 Å². The lowest BCUT2D eigenvalue weighted by molar-refractivity contribution is 0.0943. The van der Waals surface area contributed by atoms with E-state index in [0.717, 1.165) is 16.7 Å². The summed E-state index contributed by atoms with van der Waals surface area (Å²) < 4.78 is 1.57. The van der Waals surface area contributed by atoms with Crippen molar-refractivity contribution in [2.45, 2.75) is 20.4 Å². The number of hydrogen-bond donors (Lipinski definition) is 1. The number of amides is 1. The quantitative estimate of drug-likeness (QED) is 0.806. The molecule has 0 spiro atoms. The number of nitrogens with one attached hydrogen (secondary N) is 1. The third-order valence-electron chi connectivity index (χ3n) is 3.96. The number of hydrogen-bond acceptors (Lipinski definition) is 3. The molecule has 1 amide bonds. The van der Waals surface area contributed by atoms with Crippen LogP contribution in [0.15, 0.2) is 47.3 Å². The van der Waals surface area contributed by atoms with E-state index in [0.29, 0.717) is 17.4 Å². The fourth-order valence-electron chi connectivity index (χ4n) is 2.73. The molecule has 0 aliphatic carbocycles. The van der Waals surface area contributed by atoms with E-state index >= 15 is 0 Å². The molecule has 5 heteroatoms. The summed E-state index contributed by atoms with van der Waals surface area (Å²) in [6, 6.07) is 13.4. The molecule has 24 heavy (non-hydrogen) atoms. The Hall–Kier alpha value is -2.95. The molecule has 0 radical (unpaired) electrons. The fourth-order valence-corrected chi connectivity index (χ4v) is 2.73. The Morgan fingerprint density at radius 1 is 1.12 bits per heavy atom. The van der Waals surface area contributed by atoms with E-state index in [2.05, 4.69) is 10.4 Å². The van der Waals surface area contributed by atoms with Gasteiger partial charge in [-0.15, -0.1) is 0 Å². The summed E-state index contributed by atoms with van der Waals surface area (Å²) in [5.74, 6) is -0.458. The van der Waals surface area contributed by atoms with Crippen molar-refractivity contribution in [3.05, 3.63) is 75.1 Å². The zero-order valence-corrected chi connectivity index (χ0v) is 14.0. The highest BCUT2D eigenvalue weighted by Gasteiger charge is 2.16. The van der Waals surface area contributed by atoms with Gasteiger partial charge >= 0.3 is 0 Å². The lowest BCUT2D eigenvalue weighted by Crippen LogP contribution is -2.31. The molecular weight excluding hydrogens is 302 g/mol. The Bertz CT molecular complexity index is 990. The maximum absolute atomic E-state index is 12.6. The molecule has 0 atom stereocenters. The first-order valence-corrected chi connectivity index (χ1v) is 7.77. The summed E-state index contributed by atoms with van der Waals surface area (Å²) in [5.41, 5.74) is 3.36. The molecule has 0 unspecified atom stereocenters. The summed E-state index contributed by atoms with van der Waals surface area (Å²) in [6.45, 7) is 4.27. The first-order chi connectivity index (χ1) is 11.5. The normalized spacial score (nSPS) is 10.8. The number of nitrogens with zero attached hydrogens (tertiary/aromatic N) is 2. The van der Waals surface area contributed by atoms with Gasteiger partial charge in [-0.25, -0.2) is 0 Å². The predicted molar refractivity (Wildman–Crippen MR) is 94.1 cm³/mol. The van der Waals surface area contributed by atoms with Crippen LogP contribution < -0.4 is 10.7 Å². The minimum atomic E-state index is -0.458. The van der Waals surface area contributed by atoms with E-state index in [4.69, 9.17) is 0 Å². The Balaban J connectivity index is 1.92. The molecule has 3 aromatic rings. The molecule has 0 saturated heterocycles. The molecule has 3 rings (SSSR count). The van der Waals surface area contributed by atoms with Gasteiger partial charge in [0, 0.05) is 13.6 Å². The third kappa shape index (κ3) is 3.06. The van der Waals surface area contributed by atoms with Gasteiger partial charge in [0.15, 0.2) is 5.69 Å². The molecule has 0 aliphatic rings. The van der Waals surface area contributed by atoms with Crippen LogP contribution in [-0.2, 0) is 13.6 Å². The molecule has 0 fully saturated rings. The van der Waals surface area contributed by atoms with Gasteiger partial charge < -0.3 is 5.32 Å². The molecular formula is C19H19N3O2. The lowest BCUT2D eigenvalue weighted by Gasteiger charge is -2.09. The maximum atomic E-state index is 12.6. The molecule has 1 N–H and O–H groups in total. The number of rotatable bonds is 3. The van der Waals surface area contributed by atoms with Gasteiger partial charge in [-0.1, -0.05) is 41.5 Å². The minimum Gasteiger partial charge on any atom is -0.346 e. The van der Waals surface area contributed by atoms with Crippen LogP contribution in [0.1, 0.15) is 27.2 Å². The van der Waals surface area contributed by atoms with Gasteiger partial charge in [-0.2, -0.15) is 5.10 Å². The smallest absolute Gasteiger partial charge is 0.276 e. The van der Waals surface area contributed by atoms with E-state index in [9.17, 15) is 9.59 Å². The van der Waals surface area contributed by atoms with Crippen molar-refractivity contribution in [3.8, 4) is 0 Å². The van der Waals surface area contributed by atoms with Gasteiger partial charge in [-0.05, 0) is 31.5 Å². The molecule has 1 heterocycles. The number of aryl methyl sites for hydroxylation is 3. The van der Waals surface area contributed by atoms with Gasteiger partial charge in [0.1, 0.15) is 0 Å². The van der Waals surface area contributed by atoms with Crippen molar-refractivity contribution in [2.75, 3.05) is 0 Å². The lowest BCUT2D eigenvalue weighted by atomic mass is 10.1. The Morgan fingerprint density at radius 3 is 2.62 bits per heavy atom. The summed E-state index contributed by atoms with van der Waals surface area (Å²) in [7, 11) is 1.73. The van der Waals surface area contributed by atoms with Crippen LogP contribution in [0.25, 0.3) is 10.9 Å². The van der Waals surface area contributed by atoms with Crippen molar-refractivity contribution in [2.24, 2.45) is 7.05 Å². The first kappa shape index (κ1) is 15.9. The average Bonchev–Trinajstić information content (AvgIpc) is 2.56. The molecule has 2 aromatic carbocycles. The molecule has 5 nitrogen and oxygen atoms in total. The molecule has 0 bridgehead atoms. The van der Waals surface area contributed by atoms with Gasteiger partial charge in [-0.3, -0.25) is 14.3 Å². The third-order valence-corrected chi connectivity index (χ3v) is 3.96. The zero-order chi connectivity index (χ0) is 17.3. The maximum Gasteiger partial charge on any atom is 0.276 e. The Labute approximate surface area is 139 Å². The standard InChI is InChI=1S/C19H19N3O2/c1-12-5-4-6-14(9-12)11-20-19(24)17-18(23)15-10-13(2)7-8-16(15)22(3)21-17/h4-10H,11H2,1-3H3,(H,20,24). The summed E-state index contributed by atoms with van der Waals surface area (Å²) in [6.07, 6.45) is 0. The fraction of sp³-hybridized carbons (Fsp3) is 0.211. The van der Waals surface area contributed by atoms with Gasteiger partial charge in [0.2, 0.25) is 5.43 Å². The van der Waals surface area contributed by atoms with Crippen molar-refractivity contribution < 1.29 is 4.79 Å². The largest absolute Gasteiger partial charge is 0.346 e. The van der Waals surface area contributed by atoms with E-state index < -0.39 is 5.91 Å². The second-order valence-corrected chi connectivity index (χ2v) is 5.99. The van der Waals surface area contributed by atoms with Crippen molar-refractivity contribution in [1.82, 2.24) is 15.1 Å².